The minimum atomic E-state index is -0.963. The molecule has 2 aliphatic rings. The van der Waals surface area contributed by atoms with Gasteiger partial charge in [-0.15, -0.1) is 0 Å². The number of hydrogen-bond acceptors (Lipinski definition) is 3. The van der Waals surface area contributed by atoms with Crippen molar-refractivity contribution in [3.8, 4) is 11.5 Å². The maximum absolute atomic E-state index is 9.65. The van der Waals surface area contributed by atoms with Crippen molar-refractivity contribution in [2.45, 2.75) is 19.4 Å². The number of carboxylic acid groups (broad SMARTS) is 1. The lowest BCUT2D eigenvalue weighted by atomic mass is 10.1. The number of ether oxygens (including phenoxy) is 1. The Bertz CT molecular complexity index is 787. The van der Waals surface area contributed by atoms with Gasteiger partial charge in [0.05, 0.1) is 17.5 Å². The molecule has 22 heavy (non-hydrogen) atoms. The first-order valence-corrected chi connectivity index (χ1v) is 7.29. The molecule has 2 N–H and O–H groups in total. The largest absolute Gasteiger partial charge is 0.481 e. The van der Waals surface area contributed by atoms with E-state index in [9.17, 15) is 4.79 Å². The summed E-state index contributed by atoms with van der Waals surface area (Å²) < 4.78 is 5.63. The molecule has 0 saturated heterocycles. The van der Waals surface area contributed by atoms with Gasteiger partial charge in [0.15, 0.2) is 0 Å². The Morgan fingerprint density at radius 2 is 1.91 bits per heavy atom. The molecule has 1 aromatic rings. The van der Waals surface area contributed by atoms with Crippen molar-refractivity contribution in [3.05, 3.63) is 56.9 Å². The van der Waals surface area contributed by atoms with Crippen molar-refractivity contribution in [3.63, 3.8) is 0 Å². The molecule has 4 nitrogen and oxygen atoms in total. The SMILES string of the molecule is CC(O)CC(=O)O.Clc1ccc(Oc2cc3ccc2=3)c(Cl)c1. The molecule has 0 aliphatic heterocycles. The van der Waals surface area contributed by atoms with E-state index >= 15 is 0 Å². The lowest BCUT2D eigenvalue weighted by Crippen LogP contribution is -2.07. The van der Waals surface area contributed by atoms with Crippen LogP contribution in [0.15, 0.2) is 36.4 Å². The lowest BCUT2D eigenvalue weighted by molar-refractivity contribution is -0.138. The summed E-state index contributed by atoms with van der Waals surface area (Å²) in [5.74, 6) is 0.547. The van der Waals surface area contributed by atoms with Crippen LogP contribution in [0.2, 0.25) is 10.0 Å². The third kappa shape index (κ3) is 4.13. The Hall–Kier alpha value is -1.75. The van der Waals surface area contributed by atoms with Crippen molar-refractivity contribution < 1.29 is 19.7 Å². The summed E-state index contributed by atoms with van der Waals surface area (Å²) >= 11 is 11.8. The van der Waals surface area contributed by atoms with Crippen LogP contribution in [0.1, 0.15) is 13.3 Å². The quantitative estimate of drug-likeness (QED) is 0.745. The summed E-state index contributed by atoms with van der Waals surface area (Å²) in [7, 11) is 0. The molecule has 0 heterocycles. The Morgan fingerprint density at radius 1 is 1.18 bits per heavy atom. The highest BCUT2D eigenvalue weighted by atomic mass is 35.5. The maximum Gasteiger partial charge on any atom is 0.305 e. The van der Waals surface area contributed by atoms with Crippen molar-refractivity contribution in [2.24, 2.45) is 0 Å². The van der Waals surface area contributed by atoms with Crippen LogP contribution in [0.4, 0.5) is 0 Å². The molecule has 1 unspecified atom stereocenters. The molecule has 1 atom stereocenters. The van der Waals surface area contributed by atoms with Gasteiger partial charge < -0.3 is 14.9 Å². The van der Waals surface area contributed by atoms with Crippen molar-refractivity contribution >= 4 is 29.2 Å². The average molecular weight is 341 g/mol. The van der Waals surface area contributed by atoms with E-state index in [0.29, 0.717) is 15.8 Å². The van der Waals surface area contributed by atoms with Crippen molar-refractivity contribution in [1.29, 1.82) is 0 Å². The first kappa shape index (κ1) is 16.6. The summed E-state index contributed by atoms with van der Waals surface area (Å²) in [6, 6.07) is 11.3. The van der Waals surface area contributed by atoms with Crippen LogP contribution in [0.3, 0.4) is 0 Å². The van der Waals surface area contributed by atoms with E-state index in [-0.39, 0.29) is 6.42 Å². The normalized spacial score (nSPS) is 12.0. The average Bonchev–Trinajstić information content (AvgIpc) is 2.37. The van der Waals surface area contributed by atoms with Crippen LogP contribution in [-0.2, 0) is 4.79 Å². The third-order valence-electron chi connectivity index (χ3n) is 2.88. The van der Waals surface area contributed by atoms with Gasteiger partial charge in [0.2, 0.25) is 0 Å². The zero-order chi connectivity index (χ0) is 16.3. The van der Waals surface area contributed by atoms with Gasteiger partial charge in [0.1, 0.15) is 11.5 Å². The molecular formula is C16H14Cl2O4. The lowest BCUT2D eigenvalue weighted by Gasteiger charge is -2.13. The summed E-state index contributed by atoms with van der Waals surface area (Å²) in [6.45, 7) is 1.44. The zero-order valence-corrected chi connectivity index (χ0v) is 13.2. The molecular weight excluding hydrogens is 327 g/mol. The van der Waals surface area contributed by atoms with Crippen LogP contribution < -0.4 is 4.74 Å². The third-order valence-corrected chi connectivity index (χ3v) is 3.41. The van der Waals surface area contributed by atoms with Crippen LogP contribution >= 0.6 is 23.2 Å². The monoisotopic (exact) mass is 340 g/mol. The van der Waals surface area contributed by atoms with E-state index in [0.717, 1.165) is 5.75 Å². The number of carboxylic acids is 1. The molecule has 2 aliphatic carbocycles. The predicted octanol–water partition coefficient (Wildman–Crippen LogP) is 4.23. The van der Waals surface area contributed by atoms with Crippen LogP contribution in [0.5, 0.6) is 11.5 Å². The standard InChI is InChI=1S/C12H6Cl2O.C4H8O3/c13-8-2-4-11(10(14)6-8)15-12-5-7-1-3-9(7)12;1-3(5)2-4(6)7/h1-6H;3,5H,2H2,1H3,(H,6,7). The Kier molecular flexibility index (Phi) is 5.29. The molecule has 116 valence electrons. The summed E-state index contributed by atoms with van der Waals surface area (Å²) in [5, 5.41) is 19.8. The van der Waals surface area contributed by atoms with Gasteiger partial charge in [0.25, 0.3) is 0 Å². The fourth-order valence-electron chi connectivity index (χ4n) is 1.77. The molecule has 0 aromatic heterocycles. The van der Waals surface area contributed by atoms with E-state index in [2.05, 4.69) is 0 Å². The van der Waals surface area contributed by atoms with Gasteiger partial charge in [-0.05, 0) is 36.4 Å². The predicted molar refractivity (Wildman–Crippen MR) is 84.6 cm³/mol. The molecule has 0 bridgehead atoms. The first-order chi connectivity index (χ1) is 10.4. The van der Waals surface area contributed by atoms with Crippen molar-refractivity contribution in [1.82, 2.24) is 0 Å². The number of rotatable bonds is 4. The Balaban J connectivity index is 0.000000217. The molecule has 0 radical (unpaired) electrons. The molecule has 0 amide bonds. The van der Waals surface area contributed by atoms with E-state index in [4.69, 9.17) is 38.2 Å². The highest BCUT2D eigenvalue weighted by Gasteiger charge is 2.10. The van der Waals surface area contributed by atoms with E-state index in [1.165, 1.54) is 17.4 Å². The van der Waals surface area contributed by atoms with E-state index in [1.807, 2.05) is 18.2 Å². The van der Waals surface area contributed by atoms with Gasteiger partial charge in [-0.3, -0.25) is 4.79 Å². The number of hydrogen-bond donors (Lipinski definition) is 2. The second-order valence-electron chi connectivity index (χ2n) is 4.83. The van der Waals surface area contributed by atoms with Crippen LogP contribution in [0, 0.1) is 10.4 Å². The summed E-state index contributed by atoms with van der Waals surface area (Å²) in [6.07, 6.45) is -0.891. The highest BCUT2D eigenvalue weighted by molar-refractivity contribution is 6.35. The number of aliphatic carboxylic acids is 1. The topological polar surface area (TPSA) is 66.8 Å². The number of halogens is 2. The van der Waals surface area contributed by atoms with Crippen LogP contribution in [0.25, 0.3) is 0 Å². The number of benzene rings is 2. The molecule has 0 saturated carbocycles. The highest BCUT2D eigenvalue weighted by Crippen LogP contribution is 2.34. The van der Waals surface area contributed by atoms with Gasteiger partial charge in [-0.1, -0.05) is 35.3 Å². The second kappa shape index (κ2) is 7.01. The van der Waals surface area contributed by atoms with Gasteiger partial charge in [0, 0.05) is 10.2 Å². The molecule has 0 fully saturated rings. The number of aliphatic hydroxyl groups excluding tert-OH is 1. The minimum absolute atomic E-state index is 0.167. The fourth-order valence-corrected chi connectivity index (χ4v) is 2.22. The summed E-state index contributed by atoms with van der Waals surface area (Å²) in [4.78, 5) is 9.65. The zero-order valence-electron chi connectivity index (χ0n) is 11.7. The molecule has 0 spiro atoms. The second-order valence-corrected chi connectivity index (χ2v) is 5.68. The Morgan fingerprint density at radius 3 is 2.27 bits per heavy atom. The van der Waals surface area contributed by atoms with Gasteiger partial charge in [-0.2, -0.15) is 0 Å². The van der Waals surface area contributed by atoms with E-state index in [1.54, 1.807) is 18.2 Å². The maximum atomic E-state index is 9.65. The smallest absolute Gasteiger partial charge is 0.305 e. The van der Waals surface area contributed by atoms with Crippen molar-refractivity contribution in [2.75, 3.05) is 0 Å². The number of carbonyl (C=O) groups is 1. The number of aliphatic hydroxyl groups is 1. The molecule has 3 rings (SSSR count). The van der Waals surface area contributed by atoms with Gasteiger partial charge >= 0.3 is 5.97 Å². The Labute approximate surface area is 137 Å². The molecule has 6 heteroatoms. The summed E-state index contributed by atoms with van der Waals surface area (Å²) in [5.41, 5.74) is 0. The first-order valence-electron chi connectivity index (χ1n) is 6.54. The van der Waals surface area contributed by atoms with Gasteiger partial charge in [-0.25, -0.2) is 0 Å². The minimum Gasteiger partial charge on any atom is -0.481 e. The fraction of sp³-hybridized carbons (Fsp3) is 0.188. The van der Waals surface area contributed by atoms with Crippen LogP contribution in [-0.4, -0.2) is 22.3 Å². The molecule has 1 aromatic carbocycles. The van der Waals surface area contributed by atoms with E-state index < -0.39 is 12.1 Å².